The molecule has 0 aromatic heterocycles. The van der Waals surface area contributed by atoms with Crippen LogP contribution in [-0.4, -0.2) is 34.0 Å². The molecule has 0 saturated heterocycles. The first kappa shape index (κ1) is 28.0. The summed E-state index contributed by atoms with van der Waals surface area (Å²) in [6.45, 7) is 10.3. The number of hydrogen-bond acceptors (Lipinski definition) is 6. The average molecular weight is 490 g/mol. The third-order valence-electron chi connectivity index (χ3n) is 6.91. The summed E-state index contributed by atoms with van der Waals surface area (Å²) >= 11 is 0. The van der Waals surface area contributed by atoms with Gasteiger partial charge in [0.2, 0.25) is 0 Å². The van der Waals surface area contributed by atoms with E-state index in [1.54, 1.807) is 0 Å². The van der Waals surface area contributed by atoms with Gasteiger partial charge in [0, 0.05) is 48.7 Å². The minimum Gasteiger partial charge on any atom is -0.550 e. The van der Waals surface area contributed by atoms with Crippen molar-refractivity contribution >= 4 is 11.7 Å². The monoisotopic (exact) mass is 489 g/mol. The van der Waals surface area contributed by atoms with Crippen molar-refractivity contribution in [2.24, 2.45) is 0 Å². The summed E-state index contributed by atoms with van der Waals surface area (Å²) in [5, 5.41) is 31.2. The molecule has 0 saturated carbocycles. The zero-order valence-corrected chi connectivity index (χ0v) is 23.6. The molecule has 2 aromatic rings. The minimum atomic E-state index is -1.31. The van der Waals surface area contributed by atoms with E-state index in [0.717, 1.165) is 30.8 Å². The maximum atomic E-state index is 10.8. The zero-order chi connectivity index (χ0) is 24.6. The second kappa shape index (κ2) is 11.2. The predicted molar refractivity (Wildman–Crippen MR) is 130 cm³/mol. The van der Waals surface area contributed by atoms with Crippen LogP contribution in [0.15, 0.2) is 30.3 Å². The quantitative estimate of drug-likeness (QED) is 0.490. The van der Waals surface area contributed by atoms with Crippen molar-refractivity contribution in [1.82, 2.24) is 0 Å². The first-order valence-corrected chi connectivity index (χ1v) is 12.3. The van der Waals surface area contributed by atoms with E-state index in [0.29, 0.717) is 12.8 Å². The molecule has 0 radical (unpaired) electrons. The normalized spacial score (nSPS) is 17.4. The fourth-order valence-electron chi connectivity index (χ4n) is 5.48. The van der Waals surface area contributed by atoms with Crippen molar-refractivity contribution in [3.63, 3.8) is 0 Å². The van der Waals surface area contributed by atoms with Crippen LogP contribution in [0.5, 0.6) is 5.75 Å². The Morgan fingerprint density at radius 2 is 1.74 bits per heavy atom. The van der Waals surface area contributed by atoms with Gasteiger partial charge in [0.15, 0.2) is 0 Å². The molecule has 2 heterocycles. The van der Waals surface area contributed by atoms with Crippen LogP contribution in [0, 0.1) is 0 Å². The maximum Gasteiger partial charge on any atom is 1.00 e. The van der Waals surface area contributed by atoms with E-state index in [-0.39, 0.29) is 47.5 Å². The molecule has 2 atom stereocenters. The second-order valence-electron chi connectivity index (χ2n) is 10.8. The number of benzene rings is 2. The van der Waals surface area contributed by atoms with Crippen LogP contribution in [0.2, 0.25) is 0 Å². The Balaban J connectivity index is 0.00000342. The molecular weight excluding hydrogens is 453 g/mol. The number of aliphatic hydroxyl groups is 2. The molecule has 35 heavy (non-hydrogen) atoms. The Bertz CT molecular complexity index is 1040. The molecule has 2 aliphatic heterocycles. The van der Waals surface area contributed by atoms with E-state index >= 15 is 0 Å². The van der Waals surface area contributed by atoms with Gasteiger partial charge in [-0.05, 0) is 61.8 Å². The number of fused-ring (bicyclic) bond motifs is 2. The summed E-state index contributed by atoms with van der Waals surface area (Å²) in [6, 6.07) is 10.9. The van der Waals surface area contributed by atoms with Gasteiger partial charge < -0.3 is 29.8 Å². The first-order valence-electron chi connectivity index (χ1n) is 12.3. The van der Waals surface area contributed by atoms with Gasteiger partial charge in [0.25, 0.3) is 0 Å². The average Bonchev–Trinajstić information content (AvgIpc) is 3.29. The number of carboxylic acid groups (broad SMARTS) is 1. The van der Waals surface area contributed by atoms with Gasteiger partial charge in [-0.15, -0.1) is 0 Å². The summed E-state index contributed by atoms with van der Waals surface area (Å²) in [6.07, 6.45) is -0.524. The Kier molecular flexibility index (Phi) is 8.98. The Morgan fingerprint density at radius 1 is 1.11 bits per heavy atom. The molecule has 0 bridgehead atoms. The van der Waals surface area contributed by atoms with E-state index < -0.39 is 24.6 Å². The van der Waals surface area contributed by atoms with E-state index in [4.69, 9.17) is 4.74 Å². The number of aliphatic carboxylic acids is 1. The molecule has 0 spiro atoms. The van der Waals surface area contributed by atoms with Gasteiger partial charge >= 0.3 is 29.6 Å². The maximum absolute atomic E-state index is 10.8. The molecule has 2 aliphatic rings. The second-order valence-corrected chi connectivity index (χ2v) is 10.8. The van der Waals surface area contributed by atoms with E-state index in [2.05, 4.69) is 62.9 Å². The largest absolute Gasteiger partial charge is 1.00 e. The zero-order valence-electron chi connectivity index (χ0n) is 21.6. The summed E-state index contributed by atoms with van der Waals surface area (Å²) in [7, 11) is 0. The van der Waals surface area contributed by atoms with Gasteiger partial charge in [-0.3, -0.25) is 0 Å². The van der Waals surface area contributed by atoms with Gasteiger partial charge in [-0.1, -0.05) is 38.1 Å². The SMILES string of the molecule is CC(C)c1c(N2Cc3ccccc3C2)cc2c(c1CCC(O)CC(O)CC(=O)[O-])OC(C)(C)C2.[Na+]. The Morgan fingerprint density at radius 3 is 2.31 bits per heavy atom. The smallest absolute Gasteiger partial charge is 0.550 e. The molecule has 6 nitrogen and oxygen atoms in total. The number of nitrogens with zero attached hydrogens (tertiary/aromatic N) is 1. The number of rotatable bonds is 9. The van der Waals surface area contributed by atoms with Crippen LogP contribution < -0.4 is 44.3 Å². The van der Waals surface area contributed by atoms with Crippen molar-refractivity contribution in [2.45, 2.75) is 96.6 Å². The number of carbonyl (C=O) groups is 1. The fourth-order valence-corrected chi connectivity index (χ4v) is 5.48. The summed E-state index contributed by atoms with van der Waals surface area (Å²) in [4.78, 5) is 13.2. The molecule has 2 aromatic carbocycles. The van der Waals surface area contributed by atoms with Crippen molar-refractivity contribution in [2.75, 3.05) is 4.90 Å². The molecule has 2 N–H and O–H groups in total. The van der Waals surface area contributed by atoms with Crippen molar-refractivity contribution in [3.05, 3.63) is 58.1 Å². The van der Waals surface area contributed by atoms with Gasteiger partial charge in [-0.25, -0.2) is 0 Å². The van der Waals surface area contributed by atoms with Crippen LogP contribution in [0.3, 0.4) is 0 Å². The first-order chi connectivity index (χ1) is 16.0. The van der Waals surface area contributed by atoms with Gasteiger partial charge in [0.1, 0.15) is 11.4 Å². The summed E-state index contributed by atoms with van der Waals surface area (Å²) in [5.41, 5.74) is 7.21. The van der Waals surface area contributed by atoms with Gasteiger partial charge in [-0.2, -0.15) is 0 Å². The third-order valence-corrected chi connectivity index (χ3v) is 6.91. The molecule has 0 aliphatic carbocycles. The van der Waals surface area contributed by atoms with Crippen LogP contribution in [-0.2, 0) is 30.7 Å². The molecule has 0 amide bonds. The molecule has 4 rings (SSSR count). The molecule has 0 fully saturated rings. The molecule has 2 unspecified atom stereocenters. The van der Waals surface area contributed by atoms with Crippen molar-refractivity contribution in [3.8, 4) is 5.75 Å². The number of carbonyl (C=O) groups excluding carboxylic acids is 1. The van der Waals surface area contributed by atoms with Crippen LogP contribution >= 0.6 is 0 Å². The van der Waals surface area contributed by atoms with E-state index in [1.165, 1.54) is 27.9 Å². The summed E-state index contributed by atoms with van der Waals surface area (Å²) < 4.78 is 6.43. The Hall–Kier alpha value is -1.57. The molecular formula is C28H36NNaO5. The van der Waals surface area contributed by atoms with Crippen LogP contribution in [0.25, 0.3) is 0 Å². The minimum absolute atomic E-state index is 0. The third kappa shape index (κ3) is 6.41. The van der Waals surface area contributed by atoms with E-state index in [1.807, 2.05) is 0 Å². The number of aliphatic hydroxyl groups excluding tert-OH is 2. The number of anilines is 1. The van der Waals surface area contributed by atoms with Crippen LogP contribution in [0.1, 0.15) is 80.7 Å². The van der Waals surface area contributed by atoms with Crippen molar-refractivity contribution < 1.29 is 54.4 Å². The van der Waals surface area contributed by atoms with E-state index in [9.17, 15) is 20.1 Å². The summed E-state index contributed by atoms with van der Waals surface area (Å²) in [5.74, 6) is -0.127. The number of ether oxygens (including phenoxy) is 1. The predicted octanol–water partition coefficient (Wildman–Crippen LogP) is 0.232. The van der Waals surface area contributed by atoms with Gasteiger partial charge in [0.05, 0.1) is 12.2 Å². The number of hydrogen-bond donors (Lipinski definition) is 2. The van der Waals surface area contributed by atoms with Crippen molar-refractivity contribution in [1.29, 1.82) is 0 Å². The fraction of sp³-hybridized carbons (Fsp3) is 0.536. The topological polar surface area (TPSA) is 93.1 Å². The Labute approximate surface area is 230 Å². The molecule has 7 heteroatoms. The molecule has 184 valence electrons. The van der Waals surface area contributed by atoms with Crippen LogP contribution in [0.4, 0.5) is 5.69 Å². The standard InChI is InChI=1S/C28H37NO5.Na/c1-17(2)26-23(10-9-21(30)12-22(31)13-25(32)33)27-20(14-28(3,4)34-27)11-24(26)29-15-18-7-5-6-8-19(18)16-29;/h5-8,11,17,21-22,30-31H,9-10,12-16H2,1-4H3,(H,32,33);/q;+1/p-1. The number of carboxylic acids is 1.